The van der Waals surface area contributed by atoms with E-state index in [-0.39, 0.29) is 11.6 Å². The molecule has 2 aromatic rings. The Kier molecular flexibility index (Phi) is 1.51. The molecule has 0 spiro atoms. The van der Waals surface area contributed by atoms with E-state index in [0.29, 0.717) is 16.8 Å². The summed E-state index contributed by atoms with van der Waals surface area (Å²) in [6.07, 6.45) is 1.57. The van der Waals surface area contributed by atoms with Gasteiger partial charge in [0.05, 0.1) is 0 Å². The van der Waals surface area contributed by atoms with E-state index >= 15 is 0 Å². The van der Waals surface area contributed by atoms with Crippen molar-refractivity contribution >= 4 is 5.78 Å². The van der Waals surface area contributed by atoms with Crippen LogP contribution >= 0.6 is 0 Å². The average molecular weight is 199 g/mol. The van der Waals surface area contributed by atoms with E-state index in [9.17, 15) is 9.18 Å². The van der Waals surface area contributed by atoms with E-state index in [1.807, 2.05) is 0 Å². The summed E-state index contributed by atoms with van der Waals surface area (Å²) in [5, 5.41) is 0. The smallest absolute Gasteiger partial charge is 0.212 e. The lowest BCUT2D eigenvalue weighted by Gasteiger charge is -1.97. The molecule has 0 saturated carbocycles. The molecule has 15 heavy (non-hydrogen) atoms. The molecular weight excluding hydrogens is 193 g/mol. The van der Waals surface area contributed by atoms with Crippen molar-refractivity contribution in [1.82, 2.24) is 4.98 Å². The number of hydrogen-bond donors (Lipinski definition) is 0. The molecule has 1 heterocycles. The van der Waals surface area contributed by atoms with Crippen LogP contribution in [0, 0.1) is 5.82 Å². The molecule has 72 valence electrons. The largest absolute Gasteiger partial charge is 0.287 e. The first-order valence-corrected chi connectivity index (χ1v) is 4.57. The van der Waals surface area contributed by atoms with E-state index in [1.165, 1.54) is 18.2 Å². The van der Waals surface area contributed by atoms with Crippen molar-refractivity contribution in [3.05, 3.63) is 53.6 Å². The zero-order valence-corrected chi connectivity index (χ0v) is 7.70. The number of fused-ring (bicyclic) bond motifs is 3. The van der Waals surface area contributed by atoms with Gasteiger partial charge in [-0.3, -0.25) is 9.78 Å². The summed E-state index contributed by atoms with van der Waals surface area (Å²) in [6, 6.07) is 7.70. The second-order valence-corrected chi connectivity index (χ2v) is 3.42. The number of carbonyl (C=O) groups is 1. The van der Waals surface area contributed by atoms with Gasteiger partial charge in [-0.1, -0.05) is 6.07 Å². The van der Waals surface area contributed by atoms with Crippen LogP contribution in [0.25, 0.3) is 11.1 Å². The second kappa shape index (κ2) is 2.73. The van der Waals surface area contributed by atoms with Gasteiger partial charge in [-0.2, -0.15) is 0 Å². The van der Waals surface area contributed by atoms with Crippen LogP contribution in [0.3, 0.4) is 0 Å². The number of halogens is 1. The molecule has 1 aromatic carbocycles. The van der Waals surface area contributed by atoms with Crippen molar-refractivity contribution < 1.29 is 9.18 Å². The Morgan fingerprint density at radius 3 is 2.80 bits per heavy atom. The minimum Gasteiger partial charge on any atom is -0.287 e. The summed E-state index contributed by atoms with van der Waals surface area (Å²) in [5.41, 5.74) is 2.31. The number of hydrogen-bond acceptors (Lipinski definition) is 2. The normalized spacial score (nSPS) is 12.5. The molecule has 1 aromatic heterocycles. The van der Waals surface area contributed by atoms with Crippen molar-refractivity contribution in [1.29, 1.82) is 0 Å². The molecule has 3 heteroatoms. The number of carbonyl (C=O) groups excluding carboxylic acids is 1. The lowest BCUT2D eigenvalue weighted by atomic mass is 10.1. The number of nitrogens with zero attached hydrogens (tertiary/aromatic N) is 1. The first-order valence-electron chi connectivity index (χ1n) is 4.57. The van der Waals surface area contributed by atoms with Gasteiger partial charge in [-0.25, -0.2) is 4.39 Å². The Morgan fingerprint density at radius 2 is 1.93 bits per heavy atom. The summed E-state index contributed by atoms with van der Waals surface area (Å²) in [5.74, 6) is -0.459. The highest BCUT2D eigenvalue weighted by Gasteiger charge is 2.27. The van der Waals surface area contributed by atoms with Gasteiger partial charge in [0.15, 0.2) is 0 Å². The predicted molar refractivity (Wildman–Crippen MR) is 53.1 cm³/mol. The maximum Gasteiger partial charge on any atom is 0.212 e. The molecule has 0 N–H and O–H groups in total. The summed E-state index contributed by atoms with van der Waals surface area (Å²) < 4.78 is 13.1. The van der Waals surface area contributed by atoms with Crippen molar-refractivity contribution in [2.75, 3.05) is 0 Å². The third-order valence-electron chi connectivity index (χ3n) is 2.54. The van der Waals surface area contributed by atoms with Crippen LogP contribution in [0.2, 0.25) is 0 Å². The third kappa shape index (κ3) is 1.03. The van der Waals surface area contributed by atoms with Gasteiger partial charge in [0, 0.05) is 17.3 Å². The van der Waals surface area contributed by atoms with E-state index < -0.39 is 0 Å². The topological polar surface area (TPSA) is 30.0 Å². The highest BCUT2D eigenvalue weighted by molar-refractivity contribution is 6.20. The van der Waals surface area contributed by atoms with Crippen LogP contribution in [0.5, 0.6) is 0 Å². The third-order valence-corrected chi connectivity index (χ3v) is 2.54. The van der Waals surface area contributed by atoms with E-state index in [2.05, 4.69) is 4.98 Å². The van der Waals surface area contributed by atoms with Gasteiger partial charge in [0.25, 0.3) is 0 Å². The molecule has 0 aliphatic heterocycles. The number of benzene rings is 1. The zero-order chi connectivity index (χ0) is 10.4. The highest BCUT2D eigenvalue weighted by Crippen LogP contribution is 2.35. The van der Waals surface area contributed by atoms with Gasteiger partial charge in [0.1, 0.15) is 11.5 Å². The van der Waals surface area contributed by atoms with Crippen LogP contribution in [0.1, 0.15) is 16.1 Å². The van der Waals surface area contributed by atoms with Crippen LogP contribution in [-0.2, 0) is 0 Å². The van der Waals surface area contributed by atoms with Gasteiger partial charge < -0.3 is 0 Å². The predicted octanol–water partition coefficient (Wildman–Crippen LogP) is 2.43. The fraction of sp³-hybridized carbons (Fsp3) is 0. The molecule has 0 bridgehead atoms. The molecule has 2 nitrogen and oxygen atoms in total. The quantitative estimate of drug-likeness (QED) is 0.556. The summed E-state index contributed by atoms with van der Waals surface area (Å²) in [7, 11) is 0. The molecule has 0 amide bonds. The van der Waals surface area contributed by atoms with E-state index in [4.69, 9.17) is 0 Å². The standard InChI is InChI=1S/C12H6FNO/c13-7-3-4-9-10(6-7)8-2-1-5-14-11(8)12(9)15/h1-6H. The molecule has 0 fully saturated rings. The van der Waals surface area contributed by atoms with Crippen LogP contribution in [0.4, 0.5) is 4.39 Å². The number of pyridine rings is 1. The molecule has 1 aliphatic carbocycles. The molecule has 0 atom stereocenters. The van der Waals surface area contributed by atoms with Crippen LogP contribution in [-0.4, -0.2) is 10.8 Å². The first-order chi connectivity index (χ1) is 7.27. The molecule has 1 aliphatic rings. The maximum atomic E-state index is 13.1. The first kappa shape index (κ1) is 8.29. The Bertz CT molecular complexity index is 578. The zero-order valence-electron chi connectivity index (χ0n) is 7.70. The van der Waals surface area contributed by atoms with Gasteiger partial charge in [0.2, 0.25) is 5.78 Å². The fourth-order valence-electron chi connectivity index (χ4n) is 1.87. The van der Waals surface area contributed by atoms with E-state index in [0.717, 1.165) is 5.56 Å². The van der Waals surface area contributed by atoms with Crippen molar-refractivity contribution in [3.63, 3.8) is 0 Å². The van der Waals surface area contributed by atoms with Crippen molar-refractivity contribution in [2.45, 2.75) is 0 Å². The monoisotopic (exact) mass is 199 g/mol. The lowest BCUT2D eigenvalue weighted by molar-refractivity contribution is 0.103. The molecule has 0 radical (unpaired) electrons. The Hall–Kier alpha value is -2.03. The minimum absolute atomic E-state index is 0.124. The highest BCUT2D eigenvalue weighted by atomic mass is 19.1. The molecular formula is C12H6FNO. The number of rotatable bonds is 0. The number of ketones is 1. The fourth-order valence-corrected chi connectivity index (χ4v) is 1.87. The van der Waals surface area contributed by atoms with Gasteiger partial charge in [-0.15, -0.1) is 0 Å². The maximum absolute atomic E-state index is 13.1. The molecule has 0 unspecified atom stereocenters. The van der Waals surface area contributed by atoms with E-state index in [1.54, 1.807) is 18.3 Å². The van der Waals surface area contributed by atoms with Crippen molar-refractivity contribution in [3.8, 4) is 11.1 Å². The second-order valence-electron chi connectivity index (χ2n) is 3.42. The molecule has 0 saturated heterocycles. The Morgan fingerprint density at radius 1 is 1.07 bits per heavy atom. The lowest BCUT2D eigenvalue weighted by Crippen LogP contribution is -1.97. The minimum atomic E-state index is -0.335. The number of aromatic nitrogens is 1. The van der Waals surface area contributed by atoms with Gasteiger partial charge in [-0.05, 0) is 29.8 Å². The summed E-state index contributed by atoms with van der Waals surface area (Å²) in [6.45, 7) is 0. The summed E-state index contributed by atoms with van der Waals surface area (Å²) in [4.78, 5) is 15.8. The Balaban J connectivity index is 2.39. The van der Waals surface area contributed by atoms with Crippen molar-refractivity contribution in [2.24, 2.45) is 0 Å². The summed E-state index contributed by atoms with van der Waals surface area (Å²) >= 11 is 0. The Labute approximate surface area is 85.4 Å². The van der Waals surface area contributed by atoms with Gasteiger partial charge >= 0.3 is 0 Å². The SMILES string of the molecule is O=C1c2ccc(F)cc2-c2cccnc21. The van der Waals surface area contributed by atoms with Crippen LogP contribution < -0.4 is 0 Å². The molecule has 3 rings (SSSR count). The van der Waals surface area contributed by atoms with Crippen LogP contribution in [0.15, 0.2) is 36.5 Å². The average Bonchev–Trinajstić information content (AvgIpc) is 2.54.